The molecule has 0 spiro atoms. The predicted molar refractivity (Wildman–Crippen MR) is 61.8 cm³/mol. The van der Waals surface area contributed by atoms with E-state index < -0.39 is 6.09 Å². The highest BCUT2D eigenvalue weighted by Gasteiger charge is 2.51. The van der Waals surface area contributed by atoms with E-state index in [1.807, 2.05) is 0 Å². The number of carbonyl (C=O) groups is 1. The normalized spacial score (nSPS) is 30.5. The van der Waals surface area contributed by atoms with E-state index in [1.165, 1.54) is 11.0 Å². The lowest BCUT2D eigenvalue weighted by Gasteiger charge is -2.19. The van der Waals surface area contributed by atoms with Gasteiger partial charge in [-0.1, -0.05) is 18.2 Å². The fourth-order valence-corrected chi connectivity index (χ4v) is 2.74. The van der Waals surface area contributed by atoms with Gasteiger partial charge in [0, 0.05) is 12.1 Å². The molecule has 0 bridgehead atoms. The molecule has 5 heteroatoms. The SMILES string of the molecule is O=C(O)N1CCCC1[C@H]1O[C@@H]1c1ccccc1F. The molecule has 3 rings (SSSR count). The lowest BCUT2D eigenvalue weighted by molar-refractivity contribution is 0.132. The van der Waals surface area contributed by atoms with Crippen molar-refractivity contribution in [3.8, 4) is 0 Å². The fourth-order valence-electron chi connectivity index (χ4n) is 2.74. The molecule has 1 N–H and O–H groups in total. The first-order valence-corrected chi connectivity index (χ1v) is 6.08. The van der Waals surface area contributed by atoms with Crippen LogP contribution in [-0.2, 0) is 4.74 Å². The Hall–Kier alpha value is -1.62. The van der Waals surface area contributed by atoms with Gasteiger partial charge in [0.2, 0.25) is 0 Å². The van der Waals surface area contributed by atoms with Gasteiger partial charge in [-0.3, -0.25) is 0 Å². The third-order valence-electron chi connectivity index (χ3n) is 3.66. The van der Waals surface area contributed by atoms with Crippen molar-refractivity contribution in [1.82, 2.24) is 4.90 Å². The highest BCUT2D eigenvalue weighted by Crippen LogP contribution is 2.45. The van der Waals surface area contributed by atoms with Crippen molar-refractivity contribution >= 4 is 6.09 Å². The number of hydrogen-bond donors (Lipinski definition) is 1. The second-order valence-electron chi connectivity index (χ2n) is 4.73. The van der Waals surface area contributed by atoms with E-state index in [1.54, 1.807) is 18.2 Å². The van der Waals surface area contributed by atoms with Crippen LogP contribution in [0.1, 0.15) is 24.5 Å². The van der Waals surface area contributed by atoms with Gasteiger partial charge in [-0.15, -0.1) is 0 Å². The maximum atomic E-state index is 13.6. The van der Waals surface area contributed by atoms with Crippen LogP contribution in [0.2, 0.25) is 0 Å². The third kappa shape index (κ3) is 1.84. The van der Waals surface area contributed by atoms with Crippen LogP contribution in [0.4, 0.5) is 9.18 Å². The summed E-state index contributed by atoms with van der Waals surface area (Å²) < 4.78 is 19.1. The molecule has 0 aliphatic carbocycles. The molecule has 96 valence electrons. The van der Waals surface area contributed by atoms with Gasteiger partial charge < -0.3 is 14.7 Å². The molecule has 1 amide bonds. The summed E-state index contributed by atoms with van der Waals surface area (Å²) in [6.45, 7) is 0.545. The summed E-state index contributed by atoms with van der Waals surface area (Å²) in [5.74, 6) is -0.287. The summed E-state index contributed by atoms with van der Waals surface area (Å²) in [4.78, 5) is 12.5. The van der Waals surface area contributed by atoms with E-state index in [2.05, 4.69) is 0 Å². The van der Waals surface area contributed by atoms with E-state index in [0.29, 0.717) is 12.1 Å². The first kappa shape index (κ1) is 11.5. The average Bonchev–Trinajstić information content (AvgIpc) is 2.97. The number of carboxylic acid groups (broad SMARTS) is 1. The van der Waals surface area contributed by atoms with Gasteiger partial charge in [0.25, 0.3) is 0 Å². The molecule has 2 heterocycles. The molecular formula is C13H14FNO3. The van der Waals surface area contributed by atoms with Crippen LogP contribution < -0.4 is 0 Å². The van der Waals surface area contributed by atoms with E-state index in [9.17, 15) is 9.18 Å². The summed E-state index contributed by atoms with van der Waals surface area (Å²) in [6, 6.07) is 6.36. The second-order valence-corrected chi connectivity index (χ2v) is 4.73. The molecule has 2 saturated heterocycles. The zero-order valence-corrected chi connectivity index (χ0v) is 9.75. The average molecular weight is 251 g/mol. The Morgan fingerprint density at radius 2 is 2.22 bits per heavy atom. The molecule has 2 aliphatic rings. The van der Waals surface area contributed by atoms with E-state index >= 15 is 0 Å². The second kappa shape index (κ2) is 4.24. The zero-order valence-electron chi connectivity index (χ0n) is 9.75. The van der Waals surface area contributed by atoms with Crippen LogP contribution in [-0.4, -0.2) is 34.8 Å². The number of nitrogens with zero attached hydrogens (tertiary/aromatic N) is 1. The highest BCUT2D eigenvalue weighted by atomic mass is 19.1. The topological polar surface area (TPSA) is 53.1 Å². The van der Waals surface area contributed by atoms with Gasteiger partial charge in [0.1, 0.15) is 18.0 Å². The van der Waals surface area contributed by atoms with Crippen molar-refractivity contribution in [3.63, 3.8) is 0 Å². The van der Waals surface area contributed by atoms with Gasteiger partial charge >= 0.3 is 6.09 Å². The Labute approximate surface area is 104 Å². The van der Waals surface area contributed by atoms with Crippen molar-refractivity contribution in [1.29, 1.82) is 0 Å². The van der Waals surface area contributed by atoms with E-state index in [-0.39, 0.29) is 24.1 Å². The molecule has 18 heavy (non-hydrogen) atoms. The van der Waals surface area contributed by atoms with E-state index in [4.69, 9.17) is 9.84 Å². The number of benzene rings is 1. The minimum absolute atomic E-state index is 0.132. The minimum atomic E-state index is -0.916. The minimum Gasteiger partial charge on any atom is -0.465 e. The molecule has 1 aromatic rings. The molecule has 1 unspecified atom stereocenters. The maximum Gasteiger partial charge on any atom is 0.407 e. The van der Waals surface area contributed by atoms with Gasteiger partial charge in [-0.05, 0) is 18.9 Å². The van der Waals surface area contributed by atoms with Crippen LogP contribution in [0.25, 0.3) is 0 Å². The summed E-state index contributed by atoms with van der Waals surface area (Å²) >= 11 is 0. The lowest BCUT2D eigenvalue weighted by Crippen LogP contribution is -2.37. The van der Waals surface area contributed by atoms with Gasteiger partial charge in [0.15, 0.2) is 0 Å². The highest BCUT2D eigenvalue weighted by molar-refractivity contribution is 5.66. The summed E-state index contributed by atoms with van der Waals surface area (Å²) in [7, 11) is 0. The first-order chi connectivity index (χ1) is 8.68. The summed E-state index contributed by atoms with van der Waals surface area (Å²) in [5, 5.41) is 9.07. The Bertz CT molecular complexity index is 479. The van der Waals surface area contributed by atoms with Crippen molar-refractivity contribution < 1.29 is 19.0 Å². The maximum absolute atomic E-state index is 13.6. The van der Waals surface area contributed by atoms with Crippen LogP contribution in [0.15, 0.2) is 24.3 Å². The first-order valence-electron chi connectivity index (χ1n) is 6.08. The van der Waals surface area contributed by atoms with Crippen LogP contribution in [0.5, 0.6) is 0 Å². The Balaban J connectivity index is 1.74. The Morgan fingerprint density at radius 3 is 2.94 bits per heavy atom. The molecule has 3 atom stereocenters. The van der Waals surface area contributed by atoms with Crippen molar-refractivity contribution in [2.45, 2.75) is 31.1 Å². The molecule has 0 saturated carbocycles. The lowest BCUT2D eigenvalue weighted by atomic mass is 10.0. The largest absolute Gasteiger partial charge is 0.465 e. The van der Waals surface area contributed by atoms with Gasteiger partial charge in [0.05, 0.1) is 6.04 Å². The Morgan fingerprint density at radius 1 is 1.44 bits per heavy atom. The zero-order chi connectivity index (χ0) is 12.7. The van der Waals surface area contributed by atoms with Crippen LogP contribution >= 0.6 is 0 Å². The molecule has 0 aromatic heterocycles. The number of epoxide rings is 1. The molecule has 1 aromatic carbocycles. The molecule has 2 aliphatic heterocycles. The summed E-state index contributed by atoms with van der Waals surface area (Å²) in [6.07, 6.45) is 0.236. The number of likely N-dealkylation sites (tertiary alicyclic amines) is 1. The quantitative estimate of drug-likeness (QED) is 0.821. The van der Waals surface area contributed by atoms with Gasteiger partial charge in [-0.2, -0.15) is 0 Å². The summed E-state index contributed by atoms with van der Waals surface area (Å²) in [5.41, 5.74) is 0.528. The van der Waals surface area contributed by atoms with Crippen LogP contribution in [0, 0.1) is 5.82 Å². The van der Waals surface area contributed by atoms with Crippen molar-refractivity contribution in [2.75, 3.05) is 6.54 Å². The number of rotatable bonds is 2. The fraction of sp³-hybridized carbons (Fsp3) is 0.462. The molecule has 2 fully saturated rings. The molecule has 0 radical (unpaired) electrons. The number of amides is 1. The monoisotopic (exact) mass is 251 g/mol. The molecular weight excluding hydrogens is 237 g/mol. The standard InChI is InChI=1S/C13H14FNO3/c14-9-5-2-1-4-8(9)11-12(18-11)10-6-3-7-15(10)13(16)17/h1-2,4-5,10-12H,3,6-7H2,(H,16,17)/t10?,11-,12-/m1/s1. The molecule has 4 nitrogen and oxygen atoms in total. The predicted octanol–water partition coefficient (Wildman–Crippen LogP) is 2.41. The van der Waals surface area contributed by atoms with E-state index in [0.717, 1.165) is 12.8 Å². The van der Waals surface area contributed by atoms with Crippen molar-refractivity contribution in [3.05, 3.63) is 35.6 Å². The number of ether oxygens (including phenoxy) is 1. The number of halogens is 1. The smallest absolute Gasteiger partial charge is 0.407 e. The Kier molecular flexibility index (Phi) is 2.70. The van der Waals surface area contributed by atoms with Gasteiger partial charge in [-0.25, -0.2) is 9.18 Å². The van der Waals surface area contributed by atoms with Crippen LogP contribution in [0.3, 0.4) is 0 Å². The van der Waals surface area contributed by atoms with Crippen molar-refractivity contribution in [2.24, 2.45) is 0 Å². The third-order valence-corrected chi connectivity index (χ3v) is 3.66. The number of hydrogen-bond acceptors (Lipinski definition) is 2.